The van der Waals surface area contributed by atoms with Gasteiger partial charge in [0.2, 0.25) is 11.8 Å². The van der Waals surface area contributed by atoms with Crippen molar-refractivity contribution in [1.29, 1.82) is 0 Å². The number of likely N-dealkylation sites (tertiary alicyclic amines) is 1. The quantitative estimate of drug-likeness (QED) is 0.452. The Balaban J connectivity index is 0.975. The van der Waals surface area contributed by atoms with E-state index >= 15 is 0 Å². The van der Waals surface area contributed by atoms with Crippen molar-refractivity contribution in [3.8, 4) is 5.75 Å². The SMILES string of the molecule is O=C1CCC(N2Cc3c(ccc4c3OCC43CCN(Cc4nn(CC5CCCCC5)c5ccccc45)CC3)C2=O)C(=O)N1. The van der Waals surface area contributed by atoms with Gasteiger partial charge in [0.05, 0.1) is 24.4 Å². The van der Waals surface area contributed by atoms with E-state index in [9.17, 15) is 14.4 Å². The minimum atomic E-state index is -0.617. The minimum Gasteiger partial charge on any atom is -0.492 e. The van der Waals surface area contributed by atoms with E-state index in [1.54, 1.807) is 4.90 Å². The lowest BCUT2D eigenvalue weighted by Gasteiger charge is -2.38. The molecule has 224 valence electrons. The Labute approximate surface area is 251 Å². The number of piperidine rings is 2. The number of aromatic nitrogens is 2. The standard InChI is InChI=1S/C34H39N5O4/c40-30-13-12-29(32(41)35-30)38-19-25-23(33(38)42)10-11-26-31(25)43-21-34(26)14-16-37(17-15-34)20-27-24-8-4-5-9-28(24)39(36-27)18-22-6-2-1-3-7-22/h4-5,8-11,22,29H,1-3,6-7,12-21H2,(H,35,40,41). The summed E-state index contributed by atoms with van der Waals surface area (Å²) in [7, 11) is 0. The zero-order valence-electron chi connectivity index (χ0n) is 24.6. The monoisotopic (exact) mass is 581 g/mol. The van der Waals surface area contributed by atoms with Crippen molar-refractivity contribution in [2.75, 3.05) is 19.7 Å². The van der Waals surface area contributed by atoms with E-state index in [1.807, 2.05) is 6.07 Å². The van der Waals surface area contributed by atoms with Crippen molar-refractivity contribution in [2.24, 2.45) is 5.92 Å². The number of benzene rings is 2. The average Bonchev–Trinajstić information content (AvgIpc) is 3.67. The van der Waals surface area contributed by atoms with Crippen LogP contribution < -0.4 is 10.1 Å². The molecule has 3 aromatic rings. The van der Waals surface area contributed by atoms with Gasteiger partial charge in [-0.05, 0) is 63.2 Å². The topological polar surface area (TPSA) is 96.8 Å². The van der Waals surface area contributed by atoms with Crippen LogP contribution >= 0.6 is 0 Å². The molecule has 2 saturated heterocycles. The van der Waals surface area contributed by atoms with Crippen LogP contribution in [0.25, 0.3) is 10.9 Å². The molecule has 5 heterocycles. The molecule has 2 aromatic carbocycles. The number of nitrogens with zero attached hydrogens (tertiary/aromatic N) is 4. The Morgan fingerprint density at radius 2 is 1.79 bits per heavy atom. The Bertz CT molecular complexity index is 1610. The molecule has 1 atom stereocenters. The average molecular weight is 582 g/mol. The fraction of sp³-hybridized carbons (Fsp3) is 0.529. The van der Waals surface area contributed by atoms with Gasteiger partial charge in [-0.25, -0.2) is 0 Å². The number of amides is 3. The van der Waals surface area contributed by atoms with Crippen molar-refractivity contribution < 1.29 is 19.1 Å². The van der Waals surface area contributed by atoms with Crippen molar-refractivity contribution in [2.45, 2.75) is 88.9 Å². The molecular weight excluding hydrogens is 542 g/mol. The zero-order chi connectivity index (χ0) is 29.1. The third kappa shape index (κ3) is 4.55. The largest absolute Gasteiger partial charge is 0.492 e. The molecule has 1 unspecified atom stereocenters. The highest BCUT2D eigenvalue weighted by Crippen LogP contribution is 2.49. The highest BCUT2D eigenvalue weighted by atomic mass is 16.5. The Morgan fingerprint density at radius 1 is 0.977 bits per heavy atom. The number of hydrogen-bond donors (Lipinski definition) is 1. The first-order valence-electron chi connectivity index (χ1n) is 16.1. The number of nitrogens with one attached hydrogen (secondary N) is 1. The van der Waals surface area contributed by atoms with Gasteiger partial charge >= 0.3 is 0 Å². The number of rotatable bonds is 5. The van der Waals surface area contributed by atoms with Crippen molar-refractivity contribution in [3.63, 3.8) is 0 Å². The summed E-state index contributed by atoms with van der Waals surface area (Å²) < 4.78 is 8.65. The van der Waals surface area contributed by atoms with E-state index in [4.69, 9.17) is 9.84 Å². The second kappa shape index (κ2) is 10.5. The van der Waals surface area contributed by atoms with Gasteiger partial charge < -0.3 is 9.64 Å². The molecule has 1 aliphatic carbocycles. The van der Waals surface area contributed by atoms with Crippen LogP contribution in [-0.2, 0) is 34.6 Å². The first-order chi connectivity index (χ1) is 21.0. The lowest BCUT2D eigenvalue weighted by molar-refractivity contribution is -0.136. The second-order valence-electron chi connectivity index (χ2n) is 13.4. The summed E-state index contributed by atoms with van der Waals surface area (Å²) >= 11 is 0. The third-order valence-electron chi connectivity index (χ3n) is 10.8. The zero-order valence-corrected chi connectivity index (χ0v) is 24.6. The molecule has 4 aliphatic heterocycles. The summed E-state index contributed by atoms with van der Waals surface area (Å²) in [6.07, 6.45) is 9.28. The van der Waals surface area contributed by atoms with Crippen molar-refractivity contribution in [1.82, 2.24) is 24.9 Å². The maximum absolute atomic E-state index is 13.3. The van der Waals surface area contributed by atoms with Gasteiger partial charge in [0, 0.05) is 47.0 Å². The molecule has 9 heteroatoms. The van der Waals surface area contributed by atoms with Gasteiger partial charge in [0.1, 0.15) is 11.8 Å². The predicted molar refractivity (Wildman–Crippen MR) is 160 cm³/mol. The molecule has 1 spiro atoms. The summed E-state index contributed by atoms with van der Waals surface area (Å²) in [5.41, 5.74) is 5.08. The normalized spacial score (nSPS) is 24.0. The lowest BCUT2D eigenvalue weighted by Crippen LogP contribution is -2.52. The van der Waals surface area contributed by atoms with Gasteiger partial charge in [0.15, 0.2) is 0 Å². The molecular formula is C34H39N5O4. The molecule has 1 N–H and O–H groups in total. The van der Waals surface area contributed by atoms with Gasteiger partial charge in [-0.1, -0.05) is 43.5 Å². The van der Waals surface area contributed by atoms with Crippen LogP contribution in [0.4, 0.5) is 0 Å². The second-order valence-corrected chi connectivity index (χ2v) is 13.4. The van der Waals surface area contributed by atoms with Crippen LogP contribution in [0, 0.1) is 5.92 Å². The predicted octanol–water partition coefficient (Wildman–Crippen LogP) is 4.30. The van der Waals surface area contributed by atoms with Gasteiger partial charge in [-0.15, -0.1) is 0 Å². The van der Waals surface area contributed by atoms with Gasteiger partial charge in [0.25, 0.3) is 5.91 Å². The summed E-state index contributed by atoms with van der Waals surface area (Å²) in [6, 6.07) is 12.1. The van der Waals surface area contributed by atoms with Gasteiger partial charge in [-0.2, -0.15) is 5.10 Å². The van der Waals surface area contributed by atoms with E-state index in [0.717, 1.165) is 56.3 Å². The van der Waals surface area contributed by atoms with E-state index in [0.29, 0.717) is 25.1 Å². The number of para-hydroxylation sites is 1. The molecule has 3 amide bonds. The third-order valence-corrected chi connectivity index (χ3v) is 10.8. The lowest BCUT2D eigenvalue weighted by atomic mass is 9.74. The molecule has 43 heavy (non-hydrogen) atoms. The molecule has 3 fully saturated rings. The van der Waals surface area contributed by atoms with Gasteiger partial charge in [-0.3, -0.25) is 29.3 Å². The number of imide groups is 1. The summed E-state index contributed by atoms with van der Waals surface area (Å²) in [5, 5.41) is 8.83. The molecule has 0 bridgehead atoms. The highest BCUT2D eigenvalue weighted by molar-refractivity contribution is 6.05. The molecule has 1 saturated carbocycles. The molecule has 1 aromatic heterocycles. The van der Waals surface area contributed by atoms with E-state index < -0.39 is 6.04 Å². The fourth-order valence-electron chi connectivity index (χ4n) is 8.31. The Hall–Kier alpha value is -3.72. The van der Waals surface area contributed by atoms with Crippen LogP contribution in [0.15, 0.2) is 36.4 Å². The maximum atomic E-state index is 13.3. The first kappa shape index (κ1) is 26.9. The summed E-state index contributed by atoms with van der Waals surface area (Å²) in [6.45, 7) is 4.77. The van der Waals surface area contributed by atoms with Crippen LogP contribution in [0.3, 0.4) is 0 Å². The fourth-order valence-corrected chi connectivity index (χ4v) is 8.31. The Morgan fingerprint density at radius 3 is 2.60 bits per heavy atom. The van der Waals surface area contributed by atoms with Crippen LogP contribution in [0.2, 0.25) is 0 Å². The van der Waals surface area contributed by atoms with Crippen molar-refractivity contribution in [3.05, 3.63) is 58.8 Å². The van der Waals surface area contributed by atoms with Crippen LogP contribution in [-0.4, -0.2) is 63.0 Å². The maximum Gasteiger partial charge on any atom is 0.255 e. The highest BCUT2D eigenvalue weighted by Gasteiger charge is 2.47. The van der Waals surface area contributed by atoms with E-state index in [-0.39, 0.29) is 29.6 Å². The van der Waals surface area contributed by atoms with Crippen LogP contribution in [0.5, 0.6) is 5.75 Å². The smallest absolute Gasteiger partial charge is 0.255 e. The van der Waals surface area contributed by atoms with Crippen LogP contribution in [0.1, 0.15) is 85.0 Å². The summed E-state index contributed by atoms with van der Waals surface area (Å²) in [5.74, 6) is 0.757. The molecule has 9 nitrogen and oxygen atoms in total. The Kier molecular flexibility index (Phi) is 6.54. The number of fused-ring (bicyclic) bond motifs is 5. The number of hydrogen-bond acceptors (Lipinski definition) is 6. The molecule has 5 aliphatic rings. The van der Waals surface area contributed by atoms with Crippen molar-refractivity contribution >= 4 is 28.6 Å². The number of carbonyl (C=O) groups excluding carboxylic acids is 3. The number of ether oxygens (including phenoxy) is 1. The van der Waals surface area contributed by atoms with E-state index in [2.05, 4.69) is 45.2 Å². The molecule has 8 rings (SSSR count). The number of carbonyl (C=O) groups is 3. The first-order valence-corrected chi connectivity index (χ1v) is 16.1. The molecule has 0 radical (unpaired) electrons. The van der Waals surface area contributed by atoms with E-state index in [1.165, 1.54) is 54.3 Å². The summed E-state index contributed by atoms with van der Waals surface area (Å²) in [4.78, 5) is 41.6. The minimum absolute atomic E-state index is 0.0611.